The summed E-state index contributed by atoms with van der Waals surface area (Å²) in [6, 6.07) is 10.9. The second-order valence-corrected chi connectivity index (χ2v) is 6.49. The van der Waals surface area contributed by atoms with Crippen molar-refractivity contribution >= 4 is 32.6 Å². The minimum Gasteiger partial charge on any atom is -0.241 e. The monoisotopic (exact) mass is 302 g/mol. The molecule has 114 valence electrons. The molecule has 0 atom stereocenters. The molecule has 23 heavy (non-hydrogen) atoms. The van der Waals surface area contributed by atoms with E-state index in [4.69, 9.17) is 0 Å². The number of nitrogens with zero attached hydrogens (tertiary/aromatic N) is 3. The highest BCUT2D eigenvalue weighted by atomic mass is 14.9. The van der Waals surface area contributed by atoms with E-state index in [1.165, 1.54) is 27.2 Å². The Labute approximate surface area is 135 Å². The molecule has 4 rings (SSSR count). The van der Waals surface area contributed by atoms with Gasteiger partial charge in [0, 0.05) is 11.5 Å². The molecule has 0 N–H and O–H groups in total. The summed E-state index contributed by atoms with van der Waals surface area (Å²) in [4.78, 5) is 9.14. The van der Waals surface area contributed by atoms with Crippen LogP contribution in [0.2, 0.25) is 0 Å². The van der Waals surface area contributed by atoms with Gasteiger partial charge in [-0.25, -0.2) is 14.5 Å². The van der Waals surface area contributed by atoms with Crippen LogP contribution in [0.1, 0.15) is 31.0 Å². The van der Waals surface area contributed by atoms with Gasteiger partial charge in [0.25, 0.3) is 0 Å². The first-order valence-electron chi connectivity index (χ1n) is 8.04. The Morgan fingerprint density at radius 3 is 2.52 bits per heavy atom. The summed E-state index contributed by atoms with van der Waals surface area (Å²) in [5.74, 6) is 0.451. The van der Waals surface area contributed by atoms with Crippen molar-refractivity contribution in [3.63, 3.8) is 0 Å². The topological polar surface area (TPSA) is 29.7 Å². The average molecular weight is 302 g/mol. The molecule has 0 unspecified atom stereocenters. The number of hydrogen-bond donors (Lipinski definition) is 0. The van der Waals surface area contributed by atoms with E-state index in [1.807, 2.05) is 0 Å². The van der Waals surface area contributed by atoms with E-state index < -0.39 is 0 Å². The van der Waals surface area contributed by atoms with Crippen molar-refractivity contribution in [2.75, 3.05) is 0 Å². The summed E-state index contributed by atoms with van der Waals surface area (Å²) < 4.78 is 2.18. The SMILES string of the molecule is Cc1ncnc2c3c(C(C)C)cccc3c3ccc[n+](C)c3c12. The van der Waals surface area contributed by atoms with E-state index in [-0.39, 0.29) is 0 Å². The van der Waals surface area contributed by atoms with Crippen molar-refractivity contribution < 1.29 is 4.57 Å². The molecule has 2 aromatic heterocycles. The van der Waals surface area contributed by atoms with Crippen LogP contribution < -0.4 is 4.57 Å². The number of pyridine rings is 1. The molecule has 2 aromatic carbocycles. The number of benzene rings is 2. The van der Waals surface area contributed by atoms with Crippen LogP contribution in [0.4, 0.5) is 0 Å². The first-order chi connectivity index (χ1) is 11.1. The van der Waals surface area contributed by atoms with Gasteiger partial charge < -0.3 is 0 Å². The molecule has 0 aliphatic rings. The van der Waals surface area contributed by atoms with Gasteiger partial charge in [0.2, 0.25) is 5.52 Å². The van der Waals surface area contributed by atoms with E-state index in [2.05, 4.69) is 78.9 Å². The van der Waals surface area contributed by atoms with Crippen LogP contribution in [-0.2, 0) is 7.05 Å². The largest absolute Gasteiger partial charge is 0.241 e. The third kappa shape index (κ3) is 1.93. The van der Waals surface area contributed by atoms with Gasteiger partial charge in [-0.3, -0.25) is 0 Å². The van der Waals surface area contributed by atoms with Gasteiger partial charge in [-0.15, -0.1) is 0 Å². The summed E-state index contributed by atoms with van der Waals surface area (Å²) >= 11 is 0. The molecule has 0 aliphatic carbocycles. The molecule has 2 heterocycles. The minimum atomic E-state index is 0.451. The van der Waals surface area contributed by atoms with Crippen LogP contribution in [0, 0.1) is 6.92 Å². The summed E-state index contributed by atoms with van der Waals surface area (Å²) in [5, 5.41) is 4.96. The maximum atomic E-state index is 4.68. The van der Waals surface area contributed by atoms with Crippen LogP contribution in [0.3, 0.4) is 0 Å². The van der Waals surface area contributed by atoms with Crippen molar-refractivity contribution in [2.24, 2.45) is 7.05 Å². The maximum absolute atomic E-state index is 4.68. The zero-order chi connectivity index (χ0) is 16.1. The summed E-state index contributed by atoms with van der Waals surface area (Å²) in [6.07, 6.45) is 3.77. The Bertz CT molecular complexity index is 1060. The van der Waals surface area contributed by atoms with E-state index in [1.54, 1.807) is 6.33 Å². The highest BCUT2D eigenvalue weighted by Gasteiger charge is 2.20. The van der Waals surface area contributed by atoms with Crippen molar-refractivity contribution in [1.82, 2.24) is 9.97 Å². The molecule has 0 fully saturated rings. The Hall–Kier alpha value is -2.55. The first-order valence-corrected chi connectivity index (χ1v) is 8.04. The first kappa shape index (κ1) is 14.1. The lowest BCUT2D eigenvalue weighted by Gasteiger charge is -2.14. The second kappa shape index (κ2) is 4.98. The van der Waals surface area contributed by atoms with E-state index >= 15 is 0 Å². The molecular formula is C20H20N3+. The summed E-state index contributed by atoms with van der Waals surface area (Å²) in [6.45, 7) is 6.55. The Balaban J connectivity index is 2.45. The van der Waals surface area contributed by atoms with Crippen LogP contribution in [0.15, 0.2) is 42.9 Å². The van der Waals surface area contributed by atoms with Crippen molar-refractivity contribution in [3.05, 3.63) is 54.1 Å². The third-order valence-corrected chi connectivity index (χ3v) is 4.70. The number of aromatic nitrogens is 3. The van der Waals surface area contributed by atoms with E-state index in [0.717, 1.165) is 16.6 Å². The number of aryl methyl sites for hydroxylation is 2. The Morgan fingerprint density at radius 2 is 1.74 bits per heavy atom. The standard InChI is InChI=1S/C20H20N3/c1-12(2)14-7-5-8-15-16-9-6-10-23(4)20(16)17-13(3)21-11-22-19(17)18(14)15/h5-12H,1-4H3/q+1. The van der Waals surface area contributed by atoms with Gasteiger partial charge in [0.05, 0.1) is 22.0 Å². The normalized spacial score (nSPS) is 11.9. The van der Waals surface area contributed by atoms with Crippen molar-refractivity contribution in [1.29, 1.82) is 0 Å². The highest BCUT2D eigenvalue weighted by molar-refractivity contribution is 6.23. The average Bonchev–Trinajstić information content (AvgIpc) is 2.54. The molecule has 4 aromatic rings. The fourth-order valence-electron chi connectivity index (χ4n) is 3.63. The lowest BCUT2D eigenvalue weighted by atomic mass is 9.91. The molecule has 0 spiro atoms. The predicted molar refractivity (Wildman–Crippen MR) is 94.6 cm³/mol. The smallest absolute Gasteiger partial charge is 0.224 e. The molecule has 3 nitrogen and oxygen atoms in total. The maximum Gasteiger partial charge on any atom is 0.224 e. The third-order valence-electron chi connectivity index (χ3n) is 4.70. The van der Waals surface area contributed by atoms with Crippen LogP contribution in [-0.4, -0.2) is 9.97 Å². The minimum absolute atomic E-state index is 0.451. The number of fused-ring (bicyclic) bond motifs is 6. The Kier molecular flexibility index (Phi) is 3.05. The Morgan fingerprint density at radius 1 is 0.957 bits per heavy atom. The fourth-order valence-corrected chi connectivity index (χ4v) is 3.63. The van der Waals surface area contributed by atoms with Crippen LogP contribution in [0.5, 0.6) is 0 Å². The van der Waals surface area contributed by atoms with E-state index in [9.17, 15) is 0 Å². The molecule has 3 heteroatoms. The van der Waals surface area contributed by atoms with Crippen LogP contribution >= 0.6 is 0 Å². The van der Waals surface area contributed by atoms with Crippen molar-refractivity contribution in [2.45, 2.75) is 26.7 Å². The summed E-state index contributed by atoms with van der Waals surface area (Å²) in [7, 11) is 2.09. The highest BCUT2D eigenvalue weighted by Crippen LogP contribution is 2.37. The molecule has 0 saturated heterocycles. The summed E-state index contributed by atoms with van der Waals surface area (Å²) in [5.41, 5.74) is 4.64. The lowest BCUT2D eigenvalue weighted by molar-refractivity contribution is -0.644. The van der Waals surface area contributed by atoms with Gasteiger partial charge in [0.1, 0.15) is 13.4 Å². The number of rotatable bonds is 1. The molecule has 0 saturated carbocycles. The van der Waals surface area contributed by atoms with Crippen molar-refractivity contribution in [3.8, 4) is 0 Å². The van der Waals surface area contributed by atoms with Gasteiger partial charge in [-0.1, -0.05) is 32.0 Å². The fraction of sp³-hybridized carbons (Fsp3) is 0.250. The molecular weight excluding hydrogens is 282 g/mol. The van der Waals surface area contributed by atoms with Gasteiger partial charge in [0.15, 0.2) is 6.20 Å². The van der Waals surface area contributed by atoms with Gasteiger partial charge >= 0.3 is 0 Å². The molecule has 0 radical (unpaired) electrons. The van der Waals surface area contributed by atoms with Gasteiger partial charge in [-0.2, -0.15) is 0 Å². The zero-order valence-electron chi connectivity index (χ0n) is 14.0. The predicted octanol–water partition coefficient (Wildman–Crippen LogP) is 4.19. The van der Waals surface area contributed by atoms with Gasteiger partial charge in [-0.05, 0) is 29.9 Å². The van der Waals surface area contributed by atoms with E-state index in [0.29, 0.717) is 5.92 Å². The number of hydrogen-bond acceptors (Lipinski definition) is 2. The quantitative estimate of drug-likeness (QED) is 0.390. The van der Waals surface area contributed by atoms with Crippen LogP contribution in [0.25, 0.3) is 32.6 Å². The zero-order valence-corrected chi connectivity index (χ0v) is 14.0. The lowest BCUT2D eigenvalue weighted by Crippen LogP contribution is -2.28. The molecule has 0 aliphatic heterocycles. The molecule has 0 amide bonds. The second-order valence-electron chi connectivity index (χ2n) is 6.49. The molecule has 0 bridgehead atoms.